The van der Waals surface area contributed by atoms with Gasteiger partial charge in [0.2, 0.25) is 0 Å². The molecule has 1 spiro atoms. The average Bonchev–Trinajstić information content (AvgIpc) is 2.07. The van der Waals surface area contributed by atoms with Gasteiger partial charge in [-0.25, -0.2) is 0 Å². The maximum absolute atomic E-state index is 5.42. The fourth-order valence-electron chi connectivity index (χ4n) is 1.45. The van der Waals surface area contributed by atoms with Crippen LogP contribution >= 0.6 is 0 Å². The van der Waals surface area contributed by atoms with Gasteiger partial charge in [-0.1, -0.05) is 0 Å². The molecule has 46 valence electrons. The fourth-order valence-corrected chi connectivity index (χ4v) is 1.45. The van der Waals surface area contributed by atoms with Gasteiger partial charge in [-0.3, -0.25) is 0 Å². The van der Waals surface area contributed by atoms with E-state index in [0.29, 0.717) is 5.60 Å². The minimum atomic E-state index is 0.306. The molecule has 2 nitrogen and oxygen atoms in total. The lowest BCUT2D eigenvalue weighted by molar-refractivity contribution is -0.131. The molecule has 2 aliphatic rings. The molecule has 0 bridgehead atoms. The van der Waals surface area contributed by atoms with Crippen molar-refractivity contribution < 1.29 is 4.74 Å². The second-order valence-corrected chi connectivity index (χ2v) is 2.71. The highest BCUT2D eigenvalue weighted by atomic mass is 16.5. The van der Waals surface area contributed by atoms with Crippen molar-refractivity contribution >= 4 is 0 Å². The molecule has 0 amide bonds. The lowest BCUT2D eigenvalue weighted by Crippen LogP contribution is -2.45. The van der Waals surface area contributed by atoms with E-state index < -0.39 is 0 Å². The normalized spacial score (nSPS) is 45.0. The van der Waals surface area contributed by atoms with Crippen molar-refractivity contribution in [1.82, 2.24) is 5.32 Å². The van der Waals surface area contributed by atoms with Gasteiger partial charge in [-0.15, -0.1) is 0 Å². The standard InChI is InChI=1S/C6H11NO/c1-3-7-5-6(1)2-4-8-6/h7H,1-5H2. The summed E-state index contributed by atoms with van der Waals surface area (Å²) in [5.41, 5.74) is 0.306. The summed E-state index contributed by atoms with van der Waals surface area (Å²) in [5, 5.41) is 3.29. The molecule has 0 radical (unpaired) electrons. The van der Waals surface area contributed by atoms with E-state index >= 15 is 0 Å². The minimum absolute atomic E-state index is 0.306. The van der Waals surface area contributed by atoms with Gasteiger partial charge >= 0.3 is 0 Å². The number of ether oxygens (including phenoxy) is 1. The molecular formula is C6H11NO. The number of hydrogen-bond donors (Lipinski definition) is 1. The summed E-state index contributed by atoms with van der Waals surface area (Å²) in [4.78, 5) is 0. The first-order chi connectivity index (χ1) is 3.91. The topological polar surface area (TPSA) is 21.3 Å². The molecule has 8 heavy (non-hydrogen) atoms. The number of nitrogens with one attached hydrogen (secondary N) is 1. The van der Waals surface area contributed by atoms with Crippen molar-refractivity contribution in [2.24, 2.45) is 0 Å². The maximum atomic E-state index is 5.42. The highest BCUT2D eigenvalue weighted by molar-refractivity contribution is 4.94. The SMILES string of the molecule is C1CC2(CCO2)CN1. The Bertz CT molecular complexity index is 90.7. The summed E-state index contributed by atoms with van der Waals surface area (Å²) >= 11 is 0. The molecular weight excluding hydrogens is 102 g/mol. The summed E-state index contributed by atoms with van der Waals surface area (Å²) in [7, 11) is 0. The van der Waals surface area contributed by atoms with Crippen LogP contribution in [0.5, 0.6) is 0 Å². The van der Waals surface area contributed by atoms with Crippen molar-refractivity contribution in [1.29, 1.82) is 0 Å². The average molecular weight is 113 g/mol. The summed E-state index contributed by atoms with van der Waals surface area (Å²) in [6, 6.07) is 0. The van der Waals surface area contributed by atoms with E-state index in [4.69, 9.17) is 4.74 Å². The molecule has 2 saturated heterocycles. The first-order valence-electron chi connectivity index (χ1n) is 3.26. The lowest BCUT2D eigenvalue weighted by atomic mass is 9.94. The van der Waals surface area contributed by atoms with Crippen LogP contribution in [0.4, 0.5) is 0 Å². The second-order valence-electron chi connectivity index (χ2n) is 2.71. The molecule has 1 unspecified atom stereocenters. The third-order valence-electron chi connectivity index (χ3n) is 2.17. The zero-order valence-electron chi connectivity index (χ0n) is 4.94. The highest BCUT2D eigenvalue weighted by Crippen LogP contribution is 2.31. The third-order valence-corrected chi connectivity index (χ3v) is 2.17. The van der Waals surface area contributed by atoms with Gasteiger partial charge in [0.1, 0.15) is 0 Å². The smallest absolute Gasteiger partial charge is 0.0840 e. The Morgan fingerprint density at radius 1 is 1.38 bits per heavy atom. The highest BCUT2D eigenvalue weighted by Gasteiger charge is 2.40. The van der Waals surface area contributed by atoms with Gasteiger partial charge in [0, 0.05) is 13.0 Å². The lowest BCUT2D eigenvalue weighted by Gasteiger charge is -2.37. The molecule has 2 heteroatoms. The molecule has 1 atom stereocenters. The Balaban J connectivity index is 2.01. The molecule has 2 heterocycles. The Morgan fingerprint density at radius 3 is 2.50 bits per heavy atom. The monoisotopic (exact) mass is 113 g/mol. The Morgan fingerprint density at radius 2 is 2.25 bits per heavy atom. The molecule has 0 aromatic rings. The largest absolute Gasteiger partial charge is 0.373 e. The first kappa shape index (κ1) is 4.77. The molecule has 0 aromatic heterocycles. The predicted octanol–water partition coefficient (Wildman–Crippen LogP) is 0.139. The van der Waals surface area contributed by atoms with E-state index in [1.54, 1.807) is 0 Å². The molecule has 0 aromatic carbocycles. The van der Waals surface area contributed by atoms with Crippen molar-refractivity contribution in [2.45, 2.75) is 18.4 Å². The number of hydrogen-bond acceptors (Lipinski definition) is 2. The molecule has 2 rings (SSSR count). The van der Waals surface area contributed by atoms with Gasteiger partial charge in [-0.2, -0.15) is 0 Å². The zero-order chi connectivity index (χ0) is 5.45. The summed E-state index contributed by atoms with van der Waals surface area (Å²) in [6.07, 6.45) is 2.51. The molecule has 2 fully saturated rings. The maximum Gasteiger partial charge on any atom is 0.0840 e. The van der Waals surface area contributed by atoms with Crippen LogP contribution in [0, 0.1) is 0 Å². The van der Waals surface area contributed by atoms with Crippen LogP contribution < -0.4 is 5.32 Å². The van der Waals surface area contributed by atoms with Crippen molar-refractivity contribution in [3.8, 4) is 0 Å². The predicted molar refractivity (Wildman–Crippen MR) is 30.8 cm³/mol. The van der Waals surface area contributed by atoms with E-state index in [2.05, 4.69) is 5.32 Å². The van der Waals surface area contributed by atoms with Crippen LogP contribution in [0.25, 0.3) is 0 Å². The third kappa shape index (κ3) is 0.501. The quantitative estimate of drug-likeness (QED) is 0.482. The Labute approximate surface area is 49.2 Å². The van der Waals surface area contributed by atoms with Gasteiger partial charge in [-0.05, 0) is 13.0 Å². The van der Waals surface area contributed by atoms with Crippen LogP contribution in [0.15, 0.2) is 0 Å². The van der Waals surface area contributed by atoms with E-state index in [1.807, 2.05) is 0 Å². The van der Waals surface area contributed by atoms with Crippen LogP contribution in [-0.4, -0.2) is 25.3 Å². The van der Waals surface area contributed by atoms with Crippen molar-refractivity contribution in [2.75, 3.05) is 19.7 Å². The van der Waals surface area contributed by atoms with Gasteiger partial charge < -0.3 is 10.1 Å². The van der Waals surface area contributed by atoms with Crippen LogP contribution in [0.2, 0.25) is 0 Å². The second kappa shape index (κ2) is 1.45. The van der Waals surface area contributed by atoms with E-state index in [9.17, 15) is 0 Å². The van der Waals surface area contributed by atoms with Gasteiger partial charge in [0.15, 0.2) is 0 Å². The van der Waals surface area contributed by atoms with Crippen LogP contribution in [0.1, 0.15) is 12.8 Å². The minimum Gasteiger partial charge on any atom is -0.373 e. The Kier molecular flexibility index (Phi) is 0.866. The molecule has 1 N–H and O–H groups in total. The van der Waals surface area contributed by atoms with E-state index in [-0.39, 0.29) is 0 Å². The van der Waals surface area contributed by atoms with Gasteiger partial charge in [0.05, 0.1) is 12.2 Å². The van der Waals surface area contributed by atoms with Crippen molar-refractivity contribution in [3.63, 3.8) is 0 Å². The van der Waals surface area contributed by atoms with Crippen molar-refractivity contribution in [3.05, 3.63) is 0 Å². The van der Waals surface area contributed by atoms with Gasteiger partial charge in [0.25, 0.3) is 0 Å². The molecule has 2 aliphatic heterocycles. The molecule has 0 saturated carbocycles. The van der Waals surface area contributed by atoms with Crippen LogP contribution in [-0.2, 0) is 4.74 Å². The Hall–Kier alpha value is -0.0800. The van der Waals surface area contributed by atoms with E-state index in [0.717, 1.165) is 19.7 Å². The number of rotatable bonds is 0. The van der Waals surface area contributed by atoms with Crippen LogP contribution in [0.3, 0.4) is 0 Å². The summed E-state index contributed by atoms with van der Waals surface area (Å²) in [5.74, 6) is 0. The molecule has 0 aliphatic carbocycles. The van der Waals surface area contributed by atoms with E-state index in [1.165, 1.54) is 12.8 Å². The zero-order valence-corrected chi connectivity index (χ0v) is 4.94. The fraction of sp³-hybridized carbons (Fsp3) is 1.00. The summed E-state index contributed by atoms with van der Waals surface area (Å²) < 4.78 is 5.42. The first-order valence-corrected chi connectivity index (χ1v) is 3.26. The summed E-state index contributed by atoms with van der Waals surface area (Å²) in [6.45, 7) is 3.23.